The van der Waals surface area contributed by atoms with Crippen molar-refractivity contribution in [3.05, 3.63) is 16.1 Å². The normalized spacial score (nSPS) is 14.4. The quantitative estimate of drug-likeness (QED) is 0.797. The fourth-order valence-corrected chi connectivity index (χ4v) is 1.93. The van der Waals surface area contributed by atoms with Gasteiger partial charge in [0.1, 0.15) is 4.88 Å². The highest BCUT2D eigenvalue weighted by Crippen LogP contribution is 2.12. The Balaban J connectivity index is 2.42. The molecule has 17 heavy (non-hydrogen) atoms. The Hall–Kier alpha value is -0.980. The summed E-state index contributed by atoms with van der Waals surface area (Å²) in [5.74, 6) is -0.201. The molecule has 1 heterocycles. The van der Waals surface area contributed by atoms with Crippen molar-refractivity contribution in [3.63, 3.8) is 0 Å². The van der Waals surface area contributed by atoms with Crippen LogP contribution in [-0.4, -0.2) is 41.9 Å². The molecule has 0 saturated carbocycles. The van der Waals surface area contributed by atoms with Crippen LogP contribution in [0.3, 0.4) is 0 Å². The maximum absolute atomic E-state index is 11.7. The zero-order valence-electron chi connectivity index (χ0n) is 10.3. The molecule has 1 aromatic heterocycles. The Bertz CT molecular complexity index is 377. The lowest BCUT2D eigenvalue weighted by molar-refractivity contribution is 0.0244. The van der Waals surface area contributed by atoms with Crippen LogP contribution in [0.25, 0.3) is 0 Å². The minimum Gasteiger partial charge on any atom is -0.388 e. The molecule has 0 bridgehead atoms. The van der Waals surface area contributed by atoms with E-state index in [1.807, 2.05) is 6.92 Å². The number of aliphatic hydroxyl groups is 1. The third-order valence-corrected chi connectivity index (χ3v) is 3.23. The molecule has 6 heteroatoms. The molecule has 0 fully saturated rings. The maximum atomic E-state index is 11.7. The van der Waals surface area contributed by atoms with E-state index in [2.05, 4.69) is 10.3 Å². The molecule has 1 unspecified atom stereocenters. The van der Waals surface area contributed by atoms with Crippen LogP contribution in [0.4, 0.5) is 0 Å². The molecule has 0 aliphatic heterocycles. The van der Waals surface area contributed by atoms with Gasteiger partial charge < -0.3 is 15.2 Å². The van der Waals surface area contributed by atoms with Crippen LogP contribution in [0.1, 0.15) is 28.0 Å². The standard InChI is InChI=1S/C11H18N2O3S/c1-8-12-6-9(17-8)10(14)13-7-11(2,15)4-5-16-3/h6,15H,4-5,7H2,1-3H3,(H,13,14). The van der Waals surface area contributed by atoms with E-state index in [-0.39, 0.29) is 12.5 Å². The van der Waals surface area contributed by atoms with E-state index in [1.54, 1.807) is 20.2 Å². The van der Waals surface area contributed by atoms with Crippen molar-refractivity contribution >= 4 is 17.2 Å². The zero-order valence-corrected chi connectivity index (χ0v) is 11.1. The number of carbonyl (C=O) groups is 1. The van der Waals surface area contributed by atoms with E-state index < -0.39 is 5.60 Å². The van der Waals surface area contributed by atoms with Crippen LogP contribution in [0.5, 0.6) is 0 Å². The number of rotatable bonds is 6. The summed E-state index contributed by atoms with van der Waals surface area (Å²) in [4.78, 5) is 16.3. The second-order valence-electron chi connectivity index (χ2n) is 4.17. The van der Waals surface area contributed by atoms with Crippen LogP contribution in [0.15, 0.2) is 6.20 Å². The predicted molar refractivity (Wildman–Crippen MR) is 66.3 cm³/mol. The van der Waals surface area contributed by atoms with Crippen LogP contribution >= 0.6 is 11.3 Å². The van der Waals surface area contributed by atoms with Crippen molar-refractivity contribution in [2.24, 2.45) is 0 Å². The van der Waals surface area contributed by atoms with Gasteiger partial charge in [-0.3, -0.25) is 4.79 Å². The number of thiazole rings is 1. The van der Waals surface area contributed by atoms with Gasteiger partial charge in [0.15, 0.2) is 0 Å². The van der Waals surface area contributed by atoms with Gasteiger partial charge in [0.25, 0.3) is 5.91 Å². The van der Waals surface area contributed by atoms with Crippen LogP contribution in [0.2, 0.25) is 0 Å². The number of methoxy groups -OCH3 is 1. The molecule has 1 atom stereocenters. The Kier molecular flexibility index (Phi) is 5.04. The van der Waals surface area contributed by atoms with Crippen molar-refractivity contribution < 1.29 is 14.6 Å². The maximum Gasteiger partial charge on any atom is 0.263 e. The van der Waals surface area contributed by atoms with Crippen molar-refractivity contribution in [2.75, 3.05) is 20.3 Å². The van der Waals surface area contributed by atoms with E-state index in [0.717, 1.165) is 5.01 Å². The summed E-state index contributed by atoms with van der Waals surface area (Å²) in [5, 5.41) is 13.5. The van der Waals surface area contributed by atoms with Crippen molar-refractivity contribution in [3.8, 4) is 0 Å². The number of ether oxygens (including phenoxy) is 1. The van der Waals surface area contributed by atoms with Gasteiger partial charge in [-0.15, -0.1) is 11.3 Å². The summed E-state index contributed by atoms with van der Waals surface area (Å²) in [6.45, 7) is 4.18. The number of hydrogen-bond acceptors (Lipinski definition) is 5. The number of amides is 1. The smallest absolute Gasteiger partial charge is 0.263 e. The molecule has 0 aromatic carbocycles. The summed E-state index contributed by atoms with van der Waals surface area (Å²) in [6.07, 6.45) is 2.02. The second kappa shape index (κ2) is 6.09. The van der Waals surface area contributed by atoms with E-state index in [1.165, 1.54) is 11.3 Å². The zero-order chi connectivity index (χ0) is 12.9. The molecular weight excluding hydrogens is 240 g/mol. The van der Waals surface area contributed by atoms with E-state index in [4.69, 9.17) is 4.74 Å². The third-order valence-electron chi connectivity index (χ3n) is 2.32. The molecule has 0 aliphatic carbocycles. The largest absolute Gasteiger partial charge is 0.388 e. The summed E-state index contributed by atoms with van der Waals surface area (Å²) in [5.41, 5.74) is -0.953. The molecule has 1 rings (SSSR count). The lowest BCUT2D eigenvalue weighted by Crippen LogP contribution is -2.41. The average Bonchev–Trinajstić information content (AvgIpc) is 2.70. The fraction of sp³-hybridized carbons (Fsp3) is 0.636. The lowest BCUT2D eigenvalue weighted by Gasteiger charge is -2.22. The average molecular weight is 258 g/mol. The molecule has 0 aliphatic rings. The summed E-state index contributed by atoms with van der Waals surface area (Å²) in [6, 6.07) is 0. The molecule has 0 spiro atoms. The molecule has 0 radical (unpaired) electrons. The van der Waals surface area contributed by atoms with E-state index in [0.29, 0.717) is 17.9 Å². The Morgan fingerprint density at radius 1 is 1.71 bits per heavy atom. The number of carbonyl (C=O) groups excluding carboxylic acids is 1. The molecule has 96 valence electrons. The van der Waals surface area contributed by atoms with Crippen LogP contribution in [0, 0.1) is 6.92 Å². The highest BCUT2D eigenvalue weighted by atomic mass is 32.1. The molecular formula is C11H18N2O3S. The van der Waals surface area contributed by atoms with Gasteiger partial charge in [-0.2, -0.15) is 0 Å². The Morgan fingerprint density at radius 3 is 2.94 bits per heavy atom. The number of aryl methyl sites for hydroxylation is 1. The molecule has 1 aromatic rings. The van der Waals surface area contributed by atoms with Crippen molar-refractivity contribution in [1.29, 1.82) is 0 Å². The van der Waals surface area contributed by atoms with Crippen molar-refractivity contribution in [1.82, 2.24) is 10.3 Å². The SMILES string of the molecule is COCCC(C)(O)CNC(=O)c1cnc(C)s1. The fourth-order valence-electron chi connectivity index (χ4n) is 1.23. The minimum absolute atomic E-state index is 0.201. The topological polar surface area (TPSA) is 71.5 Å². The number of aromatic nitrogens is 1. The summed E-state index contributed by atoms with van der Waals surface area (Å²) < 4.78 is 4.89. The summed E-state index contributed by atoms with van der Waals surface area (Å²) in [7, 11) is 1.58. The number of hydrogen-bond donors (Lipinski definition) is 2. The van der Waals surface area contributed by atoms with E-state index in [9.17, 15) is 9.90 Å². The molecule has 2 N–H and O–H groups in total. The van der Waals surface area contributed by atoms with E-state index >= 15 is 0 Å². The first-order valence-corrected chi connectivity index (χ1v) is 6.18. The highest BCUT2D eigenvalue weighted by molar-refractivity contribution is 7.13. The second-order valence-corrected chi connectivity index (χ2v) is 5.40. The Labute approximate surface area is 105 Å². The van der Waals surface area contributed by atoms with Gasteiger partial charge in [-0.05, 0) is 13.8 Å². The highest BCUT2D eigenvalue weighted by Gasteiger charge is 2.21. The first-order chi connectivity index (χ1) is 7.94. The first-order valence-electron chi connectivity index (χ1n) is 5.36. The van der Waals surface area contributed by atoms with Gasteiger partial charge in [0, 0.05) is 26.7 Å². The monoisotopic (exact) mass is 258 g/mol. The van der Waals surface area contributed by atoms with Crippen molar-refractivity contribution in [2.45, 2.75) is 25.9 Å². The first kappa shape index (κ1) is 14.1. The predicted octanol–water partition coefficient (Wildman–Crippen LogP) is 0.969. The molecule has 5 nitrogen and oxygen atoms in total. The van der Waals surface area contributed by atoms with Gasteiger partial charge >= 0.3 is 0 Å². The van der Waals surface area contributed by atoms with Gasteiger partial charge in [-0.1, -0.05) is 0 Å². The molecule has 1 amide bonds. The number of nitrogens with zero attached hydrogens (tertiary/aromatic N) is 1. The van der Waals surface area contributed by atoms with Crippen LogP contribution < -0.4 is 5.32 Å². The summed E-state index contributed by atoms with van der Waals surface area (Å²) >= 11 is 1.33. The lowest BCUT2D eigenvalue weighted by atomic mass is 10.0. The minimum atomic E-state index is -0.953. The molecule has 0 saturated heterocycles. The van der Waals surface area contributed by atoms with Gasteiger partial charge in [0.05, 0.1) is 16.8 Å². The number of nitrogens with one attached hydrogen (secondary N) is 1. The third kappa shape index (κ3) is 4.80. The Morgan fingerprint density at radius 2 is 2.41 bits per heavy atom. The van der Waals surface area contributed by atoms with Gasteiger partial charge in [0.2, 0.25) is 0 Å². The van der Waals surface area contributed by atoms with Crippen LogP contribution in [-0.2, 0) is 4.74 Å². The van der Waals surface area contributed by atoms with Gasteiger partial charge in [-0.25, -0.2) is 4.98 Å².